The van der Waals surface area contributed by atoms with Gasteiger partial charge in [-0.1, -0.05) is 28.9 Å². The zero-order valence-corrected chi connectivity index (χ0v) is 11.4. The molecule has 3 nitrogen and oxygen atoms in total. The van der Waals surface area contributed by atoms with Crippen molar-refractivity contribution in [2.24, 2.45) is 0 Å². The first-order valence-corrected chi connectivity index (χ1v) is 6.16. The lowest BCUT2D eigenvalue weighted by molar-refractivity contribution is 0.249. The molecule has 0 spiro atoms. The van der Waals surface area contributed by atoms with Crippen LogP contribution in [-0.2, 0) is 0 Å². The molecule has 1 aromatic carbocycles. The Kier molecular flexibility index (Phi) is 4.80. The molecule has 1 rings (SSSR count). The third kappa shape index (κ3) is 3.85. The van der Waals surface area contributed by atoms with Gasteiger partial charge in [-0.2, -0.15) is 0 Å². The Morgan fingerprint density at radius 2 is 2.19 bits per heavy atom. The van der Waals surface area contributed by atoms with Crippen molar-refractivity contribution in [2.45, 2.75) is 33.2 Å². The van der Waals surface area contributed by atoms with Gasteiger partial charge in [-0.05, 0) is 38.0 Å². The minimum absolute atomic E-state index is 0.157. The highest BCUT2D eigenvalue weighted by Crippen LogP contribution is 2.20. The average Bonchev–Trinajstić information content (AvgIpc) is 2.23. The van der Waals surface area contributed by atoms with E-state index in [4.69, 9.17) is 0 Å². The summed E-state index contributed by atoms with van der Waals surface area (Å²) in [4.78, 5) is 11.6. The number of nitrogens with one attached hydrogen (secondary N) is 2. The zero-order chi connectivity index (χ0) is 12.1. The predicted octanol–water partition coefficient (Wildman–Crippen LogP) is 3.68. The quantitative estimate of drug-likeness (QED) is 0.874. The van der Waals surface area contributed by atoms with Gasteiger partial charge in [-0.3, -0.25) is 0 Å². The maximum atomic E-state index is 11.6. The minimum atomic E-state index is -0.157. The SMILES string of the molecule is CCC(C)NC(=O)Nc1cc(Br)ccc1C. The fraction of sp³-hybridized carbons (Fsp3) is 0.417. The molecule has 0 radical (unpaired) electrons. The molecule has 0 bridgehead atoms. The first kappa shape index (κ1) is 13.0. The number of rotatable bonds is 3. The molecule has 0 saturated carbocycles. The summed E-state index contributed by atoms with van der Waals surface area (Å²) in [6, 6.07) is 5.84. The van der Waals surface area contributed by atoms with Crippen LogP contribution >= 0.6 is 15.9 Å². The molecule has 0 saturated heterocycles. The molecule has 88 valence electrons. The molecule has 16 heavy (non-hydrogen) atoms. The second-order valence-corrected chi connectivity index (χ2v) is 4.78. The second kappa shape index (κ2) is 5.89. The van der Waals surface area contributed by atoms with Gasteiger partial charge in [0.1, 0.15) is 0 Å². The Balaban J connectivity index is 2.65. The van der Waals surface area contributed by atoms with Crippen molar-refractivity contribution >= 4 is 27.6 Å². The molecule has 0 aliphatic rings. The number of hydrogen-bond donors (Lipinski definition) is 2. The summed E-state index contributed by atoms with van der Waals surface area (Å²) in [5, 5.41) is 5.70. The Hall–Kier alpha value is -1.03. The lowest BCUT2D eigenvalue weighted by atomic mass is 10.2. The number of benzene rings is 1. The Bertz CT molecular complexity index is 379. The van der Waals surface area contributed by atoms with Gasteiger partial charge >= 0.3 is 6.03 Å². The van der Waals surface area contributed by atoms with Crippen LogP contribution < -0.4 is 10.6 Å². The van der Waals surface area contributed by atoms with Gasteiger partial charge in [-0.15, -0.1) is 0 Å². The molecular formula is C12H17BrN2O. The van der Waals surface area contributed by atoms with Gasteiger partial charge < -0.3 is 10.6 Å². The number of urea groups is 1. The fourth-order valence-corrected chi connectivity index (χ4v) is 1.57. The molecule has 1 aromatic rings. The number of aryl methyl sites for hydroxylation is 1. The second-order valence-electron chi connectivity index (χ2n) is 3.87. The van der Waals surface area contributed by atoms with Crippen molar-refractivity contribution in [2.75, 3.05) is 5.32 Å². The van der Waals surface area contributed by atoms with E-state index in [-0.39, 0.29) is 12.1 Å². The average molecular weight is 285 g/mol. The van der Waals surface area contributed by atoms with Crippen LogP contribution in [0.15, 0.2) is 22.7 Å². The number of hydrogen-bond acceptors (Lipinski definition) is 1. The molecule has 2 N–H and O–H groups in total. The number of amides is 2. The van der Waals surface area contributed by atoms with Crippen molar-refractivity contribution in [1.82, 2.24) is 5.32 Å². The molecule has 0 fully saturated rings. The molecule has 0 aliphatic heterocycles. The van der Waals surface area contributed by atoms with Gasteiger partial charge in [0, 0.05) is 16.2 Å². The summed E-state index contributed by atoms with van der Waals surface area (Å²) >= 11 is 3.38. The minimum Gasteiger partial charge on any atom is -0.335 e. The van der Waals surface area contributed by atoms with Crippen LogP contribution in [-0.4, -0.2) is 12.1 Å². The first-order chi connectivity index (χ1) is 7.52. The molecule has 1 unspecified atom stereocenters. The first-order valence-electron chi connectivity index (χ1n) is 5.36. The van der Waals surface area contributed by atoms with Gasteiger partial charge in [-0.25, -0.2) is 4.79 Å². The van der Waals surface area contributed by atoms with Crippen LogP contribution in [0, 0.1) is 6.92 Å². The molecule has 0 aliphatic carbocycles. The van der Waals surface area contributed by atoms with E-state index in [1.54, 1.807) is 0 Å². The maximum absolute atomic E-state index is 11.6. The van der Waals surface area contributed by atoms with Gasteiger partial charge in [0.25, 0.3) is 0 Å². The number of carbonyl (C=O) groups excluding carboxylic acids is 1. The van der Waals surface area contributed by atoms with Crippen LogP contribution in [0.2, 0.25) is 0 Å². The number of halogens is 1. The van der Waals surface area contributed by atoms with Crippen molar-refractivity contribution in [3.05, 3.63) is 28.2 Å². The third-order valence-electron chi connectivity index (χ3n) is 2.44. The zero-order valence-electron chi connectivity index (χ0n) is 9.80. The lowest BCUT2D eigenvalue weighted by Crippen LogP contribution is -2.35. The van der Waals surface area contributed by atoms with E-state index in [0.717, 1.165) is 22.1 Å². The van der Waals surface area contributed by atoms with Gasteiger partial charge in [0.05, 0.1) is 0 Å². The highest BCUT2D eigenvalue weighted by molar-refractivity contribution is 9.10. The van der Waals surface area contributed by atoms with E-state index in [0.29, 0.717) is 0 Å². The van der Waals surface area contributed by atoms with Crippen LogP contribution in [0.5, 0.6) is 0 Å². The van der Waals surface area contributed by atoms with Crippen molar-refractivity contribution < 1.29 is 4.79 Å². The van der Waals surface area contributed by atoms with E-state index in [1.165, 1.54) is 0 Å². The molecule has 0 aromatic heterocycles. The molecule has 1 atom stereocenters. The molecule has 0 heterocycles. The summed E-state index contributed by atoms with van der Waals surface area (Å²) in [5.41, 5.74) is 1.87. The van der Waals surface area contributed by atoms with E-state index in [1.807, 2.05) is 39.0 Å². The monoisotopic (exact) mass is 284 g/mol. The summed E-state index contributed by atoms with van der Waals surface area (Å²) in [6.45, 7) is 5.98. The van der Waals surface area contributed by atoms with E-state index >= 15 is 0 Å². The normalized spacial score (nSPS) is 12.0. The van der Waals surface area contributed by atoms with Crippen molar-refractivity contribution in [1.29, 1.82) is 0 Å². The van der Waals surface area contributed by atoms with Crippen LogP contribution in [0.25, 0.3) is 0 Å². The number of anilines is 1. The predicted molar refractivity (Wildman–Crippen MR) is 70.8 cm³/mol. The third-order valence-corrected chi connectivity index (χ3v) is 2.93. The Morgan fingerprint density at radius 1 is 1.50 bits per heavy atom. The smallest absolute Gasteiger partial charge is 0.319 e. The molecule has 4 heteroatoms. The summed E-state index contributed by atoms with van der Waals surface area (Å²) in [6.07, 6.45) is 0.922. The van der Waals surface area contributed by atoms with Crippen LogP contribution in [0.1, 0.15) is 25.8 Å². The van der Waals surface area contributed by atoms with Gasteiger partial charge in [0.2, 0.25) is 0 Å². The van der Waals surface area contributed by atoms with Crippen molar-refractivity contribution in [3.8, 4) is 0 Å². The lowest BCUT2D eigenvalue weighted by Gasteiger charge is -2.14. The Morgan fingerprint density at radius 3 is 2.81 bits per heavy atom. The number of carbonyl (C=O) groups is 1. The van der Waals surface area contributed by atoms with Gasteiger partial charge in [0.15, 0.2) is 0 Å². The maximum Gasteiger partial charge on any atom is 0.319 e. The molecule has 2 amide bonds. The largest absolute Gasteiger partial charge is 0.335 e. The topological polar surface area (TPSA) is 41.1 Å². The Labute approximate surface area is 105 Å². The van der Waals surface area contributed by atoms with E-state index in [2.05, 4.69) is 26.6 Å². The summed E-state index contributed by atoms with van der Waals surface area (Å²) in [7, 11) is 0. The highest BCUT2D eigenvalue weighted by atomic mass is 79.9. The van der Waals surface area contributed by atoms with E-state index < -0.39 is 0 Å². The summed E-state index contributed by atoms with van der Waals surface area (Å²) < 4.78 is 0.955. The van der Waals surface area contributed by atoms with E-state index in [9.17, 15) is 4.79 Å². The highest BCUT2D eigenvalue weighted by Gasteiger charge is 2.07. The standard InChI is InChI=1S/C12H17BrN2O/c1-4-9(3)14-12(16)15-11-7-10(13)6-5-8(11)2/h5-7,9H,4H2,1-3H3,(H2,14,15,16). The van der Waals surface area contributed by atoms with Crippen LogP contribution in [0.3, 0.4) is 0 Å². The van der Waals surface area contributed by atoms with Crippen molar-refractivity contribution in [3.63, 3.8) is 0 Å². The molecular weight excluding hydrogens is 268 g/mol. The summed E-state index contributed by atoms with van der Waals surface area (Å²) in [5.74, 6) is 0. The van der Waals surface area contributed by atoms with Crippen LogP contribution in [0.4, 0.5) is 10.5 Å². The fourth-order valence-electron chi connectivity index (χ4n) is 1.21.